The second kappa shape index (κ2) is 7.33. The molecule has 142 valence electrons. The van der Waals surface area contributed by atoms with Crippen LogP contribution in [0.25, 0.3) is 21.6 Å². The van der Waals surface area contributed by atoms with E-state index in [1.807, 2.05) is 36.4 Å². The summed E-state index contributed by atoms with van der Waals surface area (Å²) in [7, 11) is 0. The van der Waals surface area contributed by atoms with Crippen LogP contribution in [0.3, 0.4) is 0 Å². The van der Waals surface area contributed by atoms with Crippen LogP contribution in [0.2, 0.25) is 0 Å². The number of anilines is 1. The first kappa shape index (κ1) is 17.3. The first-order valence-corrected chi connectivity index (χ1v) is 10.3. The second-order valence-corrected chi connectivity index (χ2v) is 7.99. The third-order valence-corrected chi connectivity index (χ3v) is 6.34. The predicted octanol–water partition coefficient (Wildman–Crippen LogP) is 4.23. The van der Waals surface area contributed by atoms with Crippen molar-refractivity contribution in [1.82, 2.24) is 20.0 Å². The molecule has 1 atom stereocenters. The molecular weight excluding hydrogens is 370 g/mol. The monoisotopic (exact) mass is 391 g/mol. The average molecular weight is 392 g/mol. The summed E-state index contributed by atoms with van der Waals surface area (Å²) in [5.41, 5.74) is 2.06. The standard InChI is InChI=1S/C21H21N5OS/c1-15(20-23-19(24-27-20)16-7-3-2-4-8-16)25-11-13-26(14-12-25)21-22-17-9-5-6-10-18(17)28-21/h2-10,15H,11-14H2,1H3. The van der Waals surface area contributed by atoms with Crippen molar-refractivity contribution in [3.63, 3.8) is 0 Å². The minimum absolute atomic E-state index is 0.0995. The minimum atomic E-state index is 0.0995. The third-order valence-electron chi connectivity index (χ3n) is 5.25. The molecule has 0 radical (unpaired) electrons. The Balaban J connectivity index is 1.26. The number of hydrogen-bond donors (Lipinski definition) is 0. The minimum Gasteiger partial charge on any atom is -0.345 e. The van der Waals surface area contributed by atoms with Crippen LogP contribution in [0.15, 0.2) is 59.1 Å². The highest BCUT2D eigenvalue weighted by atomic mass is 32.1. The van der Waals surface area contributed by atoms with Crippen molar-refractivity contribution in [3.8, 4) is 11.4 Å². The molecule has 0 saturated carbocycles. The van der Waals surface area contributed by atoms with Crippen molar-refractivity contribution in [2.24, 2.45) is 0 Å². The molecule has 1 fully saturated rings. The van der Waals surface area contributed by atoms with Crippen molar-refractivity contribution in [3.05, 3.63) is 60.5 Å². The van der Waals surface area contributed by atoms with E-state index in [2.05, 4.69) is 45.1 Å². The lowest BCUT2D eigenvalue weighted by atomic mass is 10.2. The van der Waals surface area contributed by atoms with Crippen LogP contribution in [0.1, 0.15) is 18.9 Å². The SMILES string of the molecule is CC(c1nc(-c2ccccc2)no1)N1CCN(c2nc3ccccc3s2)CC1. The number of rotatable bonds is 4. The van der Waals surface area contributed by atoms with Gasteiger partial charge in [0.2, 0.25) is 11.7 Å². The number of fused-ring (bicyclic) bond motifs is 1. The van der Waals surface area contributed by atoms with Crippen molar-refractivity contribution in [2.75, 3.05) is 31.1 Å². The molecule has 1 aliphatic rings. The fraction of sp³-hybridized carbons (Fsp3) is 0.286. The van der Waals surface area contributed by atoms with E-state index < -0.39 is 0 Å². The molecular formula is C21H21N5OS. The summed E-state index contributed by atoms with van der Waals surface area (Å²) in [5, 5.41) is 5.27. The van der Waals surface area contributed by atoms with Crippen LogP contribution in [-0.2, 0) is 0 Å². The third kappa shape index (κ3) is 3.27. The molecule has 0 amide bonds. The topological polar surface area (TPSA) is 58.3 Å². The lowest BCUT2D eigenvalue weighted by Crippen LogP contribution is -2.47. The molecule has 2 aromatic heterocycles. The Kier molecular flexibility index (Phi) is 4.54. The van der Waals surface area contributed by atoms with Crippen LogP contribution in [0.4, 0.5) is 5.13 Å². The number of aromatic nitrogens is 3. The Hall–Kier alpha value is -2.77. The van der Waals surface area contributed by atoms with Gasteiger partial charge in [0.1, 0.15) is 0 Å². The summed E-state index contributed by atoms with van der Waals surface area (Å²) < 4.78 is 6.80. The molecule has 1 aliphatic heterocycles. The normalized spacial score (nSPS) is 16.5. The Morgan fingerprint density at radius 2 is 1.68 bits per heavy atom. The summed E-state index contributed by atoms with van der Waals surface area (Å²) in [6.45, 7) is 5.92. The maximum absolute atomic E-state index is 5.56. The molecule has 0 N–H and O–H groups in total. The molecule has 4 aromatic rings. The molecule has 1 unspecified atom stereocenters. The Morgan fingerprint density at radius 3 is 2.46 bits per heavy atom. The van der Waals surface area contributed by atoms with Gasteiger partial charge < -0.3 is 9.42 Å². The molecule has 5 rings (SSSR count). The van der Waals surface area contributed by atoms with Crippen molar-refractivity contribution in [2.45, 2.75) is 13.0 Å². The predicted molar refractivity (Wildman–Crippen MR) is 112 cm³/mol. The molecule has 0 aliphatic carbocycles. The highest BCUT2D eigenvalue weighted by Gasteiger charge is 2.27. The first-order chi connectivity index (χ1) is 13.8. The van der Waals surface area contributed by atoms with E-state index in [1.165, 1.54) is 4.70 Å². The largest absolute Gasteiger partial charge is 0.345 e. The zero-order chi connectivity index (χ0) is 18.9. The number of thiazole rings is 1. The molecule has 6 nitrogen and oxygen atoms in total. The van der Waals surface area contributed by atoms with Gasteiger partial charge in [0.15, 0.2) is 5.13 Å². The van der Waals surface area contributed by atoms with E-state index in [0.717, 1.165) is 42.4 Å². The second-order valence-electron chi connectivity index (χ2n) is 6.99. The van der Waals surface area contributed by atoms with Gasteiger partial charge in [-0.2, -0.15) is 4.98 Å². The Bertz CT molecular complexity index is 1040. The van der Waals surface area contributed by atoms with Crippen LogP contribution >= 0.6 is 11.3 Å². The number of nitrogens with zero attached hydrogens (tertiary/aromatic N) is 5. The maximum Gasteiger partial charge on any atom is 0.244 e. The number of hydrogen-bond acceptors (Lipinski definition) is 7. The quantitative estimate of drug-likeness (QED) is 0.519. The summed E-state index contributed by atoms with van der Waals surface area (Å²) in [5.74, 6) is 1.32. The maximum atomic E-state index is 5.56. The Morgan fingerprint density at radius 1 is 0.929 bits per heavy atom. The van der Waals surface area contributed by atoms with Crippen LogP contribution in [-0.4, -0.2) is 46.2 Å². The summed E-state index contributed by atoms with van der Waals surface area (Å²) in [4.78, 5) is 14.2. The van der Waals surface area contributed by atoms with E-state index in [9.17, 15) is 0 Å². The van der Waals surface area contributed by atoms with Gasteiger partial charge in [0.25, 0.3) is 0 Å². The molecule has 3 heterocycles. The average Bonchev–Trinajstić information content (AvgIpc) is 3.41. The molecule has 2 aromatic carbocycles. The van der Waals surface area contributed by atoms with Gasteiger partial charge in [-0.3, -0.25) is 4.90 Å². The smallest absolute Gasteiger partial charge is 0.244 e. The molecule has 7 heteroatoms. The van der Waals surface area contributed by atoms with E-state index in [0.29, 0.717) is 11.7 Å². The lowest BCUT2D eigenvalue weighted by Gasteiger charge is -2.36. The number of piperazine rings is 1. The summed E-state index contributed by atoms with van der Waals surface area (Å²) >= 11 is 1.77. The van der Waals surface area contributed by atoms with E-state index in [4.69, 9.17) is 9.51 Å². The van der Waals surface area contributed by atoms with Crippen LogP contribution < -0.4 is 4.90 Å². The van der Waals surface area contributed by atoms with Gasteiger partial charge in [0.05, 0.1) is 16.3 Å². The molecule has 0 bridgehead atoms. The van der Waals surface area contributed by atoms with E-state index in [1.54, 1.807) is 11.3 Å². The van der Waals surface area contributed by atoms with Gasteiger partial charge >= 0.3 is 0 Å². The van der Waals surface area contributed by atoms with E-state index >= 15 is 0 Å². The van der Waals surface area contributed by atoms with Crippen LogP contribution in [0.5, 0.6) is 0 Å². The number of benzene rings is 2. The molecule has 0 spiro atoms. The van der Waals surface area contributed by atoms with Gasteiger partial charge in [-0.05, 0) is 19.1 Å². The van der Waals surface area contributed by atoms with Crippen molar-refractivity contribution < 1.29 is 4.52 Å². The number of para-hydroxylation sites is 1. The van der Waals surface area contributed by atoms with Crippen molar-refractivity contribution >= 4 is 26.7 Å². The fourth-order valence-electron chi connectivity index (χ4n) is 3.56. The first-order valence-electron chi connectivity index (χ1n) is 9.51. The molecule has 28 heavy (non-hydrogen) atoms. The van der Waals surface area contributed by atoms with Gasteiger partial charge in [-0.25, -0.2) is 4.98 Å². The highest BCUT2D eigenvalue weighted by Crippen LogP contribution is 2.30. The zero-order valence-corrected chi connectivity index (χ0v) is 16.5. The summed E-state index contributed by atoms with van der Waals surface area (Å²) in [6.07, 6.45) is 0. The van der Waals surface area contributed by atoms with E-state index in [-0.39, 0.29) is 6.04 Å². The summed E-state index contributed by atoms with van der Waals surface area (Å²) in [6, 6.07) is 18.4. The highest BCUT2D eigenvalue weighted by molar-refractivity contribution is 7.22. The fourth-order valence-corrected chi connectivity index (χ4v) is 4.58. The lowest BCUT2D eigenvalue weighted by molar-refractivity contribution is 0.164. The molecule has 1 saturated heterocycles. The Labute approximate surface area is 167 Å². The van der Waals surface area contributed by atoms with Gasteiger partial charge in [-0.15, -0.1) is 0 Å². The van der Waals surface area contributed by atoms with Gasteiger partial charge in [0, 0.05) is 31.7 Å². The van der Waals surface area contributed by atoms with Crippen LogP contribution in [0, 0.1) is 0 Å². The zero-order valence-electron chi connectivity index (χ0n) is 15.7. The van der Waals surface area contributed by atoms with Gasteiger partial charge in [-0.1, -0.05) is 59.0 Å². The van der Waals surface area contributed by atoms with Crippen molar-refractivity contribution in [1.29, 1.82) is 0 Å².